The average molecular weight is 431 g/mol. The van der Waals surface area contributed by atoms with Crippen LogP contribution in [-0.4, -0.2) is 34.0 Å². The van der Waals surface area contributed by atoms with E-state index < -0.39 is 17.0 Å². The van der Waals surface area contributed by atoms with Crippen molar-refractivity contribution in [3.05, 3.63) is 51.6 Å². The third kappa shape index (κ3) is 2.69. The quantitative estimate of drug-likeness (QED) is 0.325. The monoisotopic (exact) mass is 430 g/mol. The Morgan fingerprint density at radius 3 is 2.41 bits per heavy atom. The van der Waals surface area contributed by atoms with E-state index in [1.165, 1.54) is 13.2 Å². The summed E-state index contributed by atoms with van der Waals surface area (Å²) in [7, 11) is 2.21. The highest BCUT2D eigenvalue weighted by Gasteiger charge is 2.44. The molecule has 0 spiro atoms. The second-order valence-corrected chi connectivity index (χ2v) is 8.66. The highest BCUT2D eigenvalue weighted by Crippen LogP contribution is 2.50. The lowest BCUT2D eigenvalue weighted by Crippen LogP contribution is -2.33. The van der Waals surface area contributed by atoms with Crippen molar-refractivity contribution < 1.29 is 29.3 Å². The number of methoxy groups -OCH3 is 1. The SMILES string of the molecule is COc1cccc2c1C(=O)c1c(O)c3c(c(O)c1C2=O)CC(C)(C(=O)SS)CC3. The zero-order chi connectivity index (χ0) is 21.1. The molecule has 0 heterocycles. The largest absolute Gasteiger partial charge is 0.507 e. The molecule has 29 heavy (non-hydrogen) atoms. The first-order chi connectivity index (χ1) is 13.7. The molecule has 2 aliphatic carbocycles. The van der Waals surface area contributed by atoms with E-state index in [0.717, 1.165) is 10.8 Å². The maximum atomic E-state index is 13.2. The molecular weight excluding hydrogens is 412 g/mol. The summed E-state index contributed by atoms with van der Waals surface area (Å²) in [5.74, 6) is -1.56. The summed E-state index contributed by atoms with van der Waals surface area (Å²) < 4.78 is 5.23. The minimum Gasteiger partial charge on any atom is -0.507 e. The van der Waals surface area contributed by atoms with Crippen LogP contribution < -0.4 is 4.74 Å². The topological polar surface area (TPSA) is 101 Å². The van der Waals surface area contributed by atoms with Gasteiger partial charge >= 0.3 is 0 Å². The van der Waals surface area contributed by atoms with Gasteiger partial charge in [-0.15, -0.1) is 11.7 Å². The van der Waals surface area contributed by atoms with Crippen LogP contribution in [0.1, 0.15) is 56.3 Å². The molecule has 2 aliphatic rings. The number of rotatable bonds is 2. The molecular formula is C21H18O6S2. The fourth-order valence-corrected chi connectivity index (χ4v) is 5.33. The van der Waals surface area contributed by atoms with Gasteiger partial charge in [0.25, 0.3) is 0 Å². The van der Waals surface area contributed by atoms with Crippen LogP contribution in [0.3, 0.4) is 0 Å². The van der Waals surface area contributed by atoms with Gasteiger partial charge in [0.15, 0.2) is 5.78 Å². The Hall–Kier alpha value is -2.45. The van der Waals surface area contributed by atoms with Gasteiger partial charge < -0.3 is 14.9 Å². The molecule has 0 fully saturated rings. The third-order valence-electron chi connectivity index (χ3n) is 5.90. The van der Waals surface area contributed by atoms with Crippen LogP contribution in [0, 0.1) is 5.41 Å². The number of hydrogen-bond acceptors (Lipinski definition) is 8. The van der Waals surface area contributed by atoms with E-state index in [1.807, 2.05) is 0 Å². The second-order valence-electron chi connectivity index (χ2n) is 7.56. The number of benzene rings is 2. The van der Waals surface area contributed by atoms with Gasteiger partial charge in [-0.05, 0) is 36.1 Å². The summed E-state index contributed by atoms with van der Waals surface area (Å²) in [4.78, 5) is 38.7. The van der Waals surface area contributed by atoms with E-state index in [4.69, 9.17) is 4.74 Å². The number of hydrogen-bond donors (Lipinski definition) is 3. The minimum atomic E-state index is -0.791. The molecule has 150 valence electrons. The van der Waals surface area contributed by atoms with Crippen molar-refractivity contribution in [1.29, 1.82) is 0 Å². The molecule has 2 N–H and O–H groups in total. The summed E-state index contributed by atoms with van der Waals surface area (Å²) in [6, 6.07) is 4.64. The Kier molecular flexibility index (Phi) is 4.66. The van der Waals surface area contributed by atoms with Gasteiger partial charge in [0, 0.05) is 22.1 Å². The maximum Gasteiger partial charge on any atom is 0.205 e. The van der Waals surface area contributed by atoms with Crippen molar-refractivity contribution in [3.8, 4) is 17.2 Å². The molecule has 0 amide bonds. The standard InChI is InChI=1S/C21H18O6S2/c1-21(20(26)29-28)7-6-9-11(8-21)18(24)14-15(16(9)22)19(25)13-10(17(14)23)4-3-5-12(13)27-2/h3-5,22,24,28H,6-8H2,1-2H3. The molecule has 0 bridgehead atoms. The number of carbonyl (C=O) groups is 3. The second kappa shape index (κ2) is 6.81. The normalized spacial score (nSPS) is 20.0. The van der Waals surface area contributed by atoms with Crippen molar-refractivity contribution in [3.63, 3.8) is 0 Å². The first kappa shape index (κ1) is 19.8. The Morgan fingerprint density at radius 1 is 1.10 bits per heavy atom. The smallest absolute Gasteiger partial charge is 0.205 e. The van der Waals surface area contributed by atoms with Crippen LogP contribution in [-0.2, 0) is 17.6 Å². The number of ether oxygens (including phenoxy) is 1. The number of phenols is 2. The van der Waals surface area contributed by atoms with Gasteiger partial charge in [-0.25, -0.2) is 0 Å². The predicted molar refractivity (Wildman–Crippen MR) is 111 cm³/mol. The molecule has 0 saturated carbocycles. The maximum absolute atomic E-state index is 13.2. The first-order valence-electron chi connectivity index (χ1n) is 8.97. The van der Waals surface area contributed by atoms with Gasteiger partial charge in [0.2, 0.25) is 10.9 Å². The Morgan fingerprint density at radius 2 is 1.76 bits per heavy atom. The lowest BCUT2D eigenvalue weighted by molar-refractivity contribution is -0.119. The number of ketones is 2. The molecule has 1 unspecified atom stereocenters. The fourth-order valence-electron chi connectivity index (χ4n) is 4.27. The van der Waals surface area contributed by atoms with E-state index in [-0.39, 0.29) is 51.0 Å². The zero-order valence-corrected chi connectivity index (χ0v) is 17.4. The summed E-state index contributed by atoms with van der Waals surface area (Å²) in [5.41, 5.74) is -0.306. The fraction of sp³-hybridized carbons (Fsp3) is 0.286. The summed E-state index contributed by atoms with van der Waals surface area (Å²) in [5, 5.41) is 21.7. The van der Waals surface area contributed by atoms with Crippen molar-refractivity contribution in [1.82, 2.24) is 0 Å². The lowest BCUT2D eigenvalue weighted by atomic mass is 9.70. The summed E-state index contributed by atoms with van der Waals surface area (Å²) in [6.07, 6.45) is 0.868. The van der Waals surface area contributed by atoms with Crippen LogP contribution in [0.25, 0.3) is 0 Å². The van der Waals surface area contributed by atoms with Crippen LogP contribution in [0.5, 0.6) is 17.2 Å². The summed E-state index contributed by atoms with van der Waals surface area (Å²) >= 11 is 4.00. The molecule has 4 rings (SSSR count). The van der Waals surface area contributed by atoms with E-state index in [0.29, 0.717) is 24.0 Å². The van der Waals surface area contributed by atoms with Crippen molar-refractivity contribution in [2.45, 2.75) is 26.2 Å². The van der Waals surface area contributed by atoms with Gasteiger partial charge in [-0.3, -0.25) is 14.4 Å². The van der Waals surface area contributed by atoms with Crippen LogP contribution in [0.15, 0.2) is 18.2 Å². The minimum absolute atomic E-state index is 0.0736. The highest BCUT2D eigenvalue weighted by atomic mass is 33.1. The third-order valence-corrected chi connectivity index (χ3v) is 7.06. The van der Waals surface area contributed by atoms with E-state index in [9.17, 15) is 24.6 Å². The first-order valence-corrected chi connectivity index (χ1v) is 10.8. The molecule has 2 aromatic carbocycles. The van der Waals surface area contributed by atoms with E-state index in [1.54, 1.807) is 19.1 Å². The van der Waals surface area contributed by atoms with Gasteiger partial charge in [-0.1, -0.05) is 19.1 Å². The van der Waals surface area contributed by atoms with Crippen LogP contribution in [0.4, 0.5) is 0 Å². The number of fused-ring (bicyclic) bond motifs is 3. The zero-order valence-electron chi connectivity index (χ0n) is 15.7. The molecule has 0 saturated heterocycles. The van der Waals surface area contributed by atoms with Crippen molar-refractivity contribution in [2.75, 3.05) is 7.11 Å². The lowest BCUT2D eigenvalue weighted by Gasteiger charge is -2.35. The van der Waals surface area contributed by atoms with Crippen molar-refractivity contribution in [2.24, 2.45) is 5.41 Å². The van der Waals surface area contributed by atoms with Crippen LogP contribution >= 0.6 is 22.5 Å². The molecule has 0 aliphatic heterocycles. The average Bonchev–Trinajstić information content (AvgIpc) is 2.73. The Bertz CT molecular complexity index is 1110. The highest BCUT2D eigenvalue weighted by molar-refractivity contribution is 8.74. The Balaban J connectivity index is 1.97. The Labute approximate surface area is 176 Å². The molecule has 6 nitrogen and oxygen atoms in total. The van der Waals surface area contributed by atoms with Gasteiger partial charge in [-0.2, -0.15) is 0 Å². The van der Waals surface area contributed by atoms with Crippen molar-refractivity contribution >= 4 is 39.1 Å². The number of thiol groups is 1. The number of phenolic OH excluding ortho intramolecular Hbond substituents is 2. The molecule has 0 radical (unpaired) electrons. The van der Waals surface area contributed by atoms with E-state index >= 15 is 0 Å². The number of carbonyl (C=O) groups excluding carboxylic acids is 3. The summed E-state index contributed by atoms with van der Waals surface area (Å²) in [6.45, 7) is 1.77. The molecule has 2 aromatic rings. The molecule has 8 heteroatoms. The van der Waals surface area contributed by atoms with Gasteiger partial charge in [0.05, 0.1) is 23.8 Å². The molecule has 0 aromatic heterocycles. The van der Waals surface area contributed by atoms with Gasteiger partial charge in [0.1, 0.15) is 17.2 Å². The number of aromatic hydroxyl groups is 2. The van der Waals surface area contributed by atoms with Crippen LogP contribution in [0.2, 0.25) is 0 Å². The predicted octanol–water partition coefficient (Wildman–Crippen LogP) is 3.48. The van der Waals surface area contributed by atoms with E-state index in [2.05, 4.69) is 11.7 Å². The molecule has 1 atom stereocenters.